The molecule has 2 rings (SSSR count). The number of nitrogens with zero attached hydrogens (tertiary/aromatic N) is 2. The smallest absolute Gasteiger partial charge is 0.213 e. The summed E-state index contributed by atoms with van der Waals surface area (Å²) in [6.45, 7) is 4.47. The Kier molecular flexibility index (Phi) is 6.41. The zero-order chi connectivity index (χ0) is 16.7. The number of rotatable bonds is 6. The molecule has 1 saturated heterocycles. The fourth-order valence-electron chi connectivity index (χ4n) is 2.64. The Morgan fingerprint density at radius 1 is 1.39 bits per heavy atom. The van der Waals surface area contributed by atoms with Gasteiger partial charge in [-0.15, -0.1) is 0 Å². The summed E-state index contributed by atoms with van der Waals surface area (Å²) >= 11 is 0. The van der Waals surface area contributed by atoms with Crippen LogP contribution in [0.15, 0.2) is 35.3 Å². The number of piperidine rings is 1. The zero-order valence-corrected chi connectivity index (χ0v) is 14.4. The molecule has 1 aliphatic heterocycles. The summed E-state index contributed by atoms with van der Waals surface area (Å²) < 4.78 is 26.5. The average molecular weight is 338 g/mol. The summed E-state index contributed by atoms with van der Waals surface area (Å²) in [5.41, 5.74) is 6.90. The molecule has 0 amide bonds. The lowest BCUT2D eigenvalue weighted by molar-refractivity contribution is 0.270. The van der Waals surface area contributed by atoms with Gasteiger partial charge in [0, 0.05) is 19.6 Å². The minimum atomic E-state index is -3.35. The predicted octanol–water partition coefficient (Wildman–Crippen LogP) is 1.15. The van der Waals surface area contributed by atoms with Gasteiger partial charge in [-0.3, -0.25) is 4.99 Å². The number of hydrogen-bond acceptors (Lipinski definition) is 3. The lowest BCUT2D eigenvalue weighted by Crippen LogP contribution is -2.43. The Hall–Kier alpha value is -1.60. The molecular formula is C16H26N4O2S. The molecule has 0 aromatic heterocycles. The molecule has 0 radical (unpaired) electrons. The summed E-state index contributed by atoms with van der Waals surface area (Å²) in [5.74, 6) is 1.01. The molecule has 1 aliphatic rings. The van der Waals surface area contributed by atoms with Crippen LogP contribution in [0.25, 0.3) is 0 Å². The van der Waals surface area contributed by atoms with Gasteiger partial charge in [0.2, 0.25) is 10.0 Å². The molecule has 1 aromatic carbocycles. The molecule has 128 valence electrons. The fraction of sp³-hybridized carbons (Fsp3) is 0.562. The first kappa shape index (κ1) is 17.7. The van der Waals surface area contributed by atoms with E-state index in [0.717, 1.165) is 25.1 Å². The molecule has 23 heavy (non-hydrogen) atoms. The summed E-state index contributed by atoms with van der Waals surface area (Å²) in [4.78, 5) is 6.26. The van der Waals surface area contributed by atoms with Crippen molar-refractivity contribution >= 4 is 16.0 Å². The van der Waals surface area contributed by atoms with Gasteiger partial charge in [-0.1, -0.05) is 37.3 Å². The summed E-state index contributed by atoms with van der Waals surface area (Å²) in [7, 11) is -3.35. The maximum atomic E-state index is 12.0. The highest BCUT2D eigenvalue weighted by Gasteiger charge is 2.17. The zero-order valence-electron chi connectivity index (χ0n) is 13.6. The molecule has 1 heterocycles. The van der Waals surface area contributed by atoms with E-state index in [1.54, 1.807) is 0 Å². The second kappa shape index (κ2) is 8.31. The number of hydrogen-bond donors (Lipinski definition) is 2. The minimum absolute atomic E-state index is 0.0517. The van der Waals surface area contributed by atoms with E-state index in [9.17, 15) is 8.42 Å². The van der Waals surface area contributed by atoms with Crippen LogP contribution >= 0.6 is 0 Å². The van der Waals surface area contributed by atoms with Gasteiger partial charge in [0.1, 0.15) is 0 Å². The van der Waals surface area contributed by atoms with Crippen LogP contribution < -0.4 is 10.5 Å². The van der Waals surface area contributed by atoms with Gasteiger partial charge in [0.05, 0.1) is 12.3 Å². The quantitative estimate of drug-likeness (QED) is 0.602. The fourth-order valence-corrected chi connectivity index (χ4v) is 3.50. The Labute approximate surface area is 138 Å². The average Bonchev–Trinajstić information content (AvgIpc) is 2.54. The van der Waals surface area contributed by atoms with Crippen LogP contribution in [0.4, 0.5) is 0 Å². The number of nitrogens with two attached hydrogens (primary N) is 1. The third-order valence-corrected chi connectivity index (χ3v) is 5.26. The third-order valence-electron chi connectivity index (χ3n) is 3.95. The van der Waals surface area contributed by atoms with Gasteiger partial charge in [-0.05, 0) is 24.3 Å². The third kappa shape index (κ3) is 6.19. The lowest BCUT2D eigenvalue weighted by atomic mass is 10.0. The molecule has 0 spiro atoms. The maximum absolute atomic E-state index is 12.0. The maximum Gasteiger partial charge on any atom is 0.213 e. The molecule has 7 heteroatoms. The van der Waals surface area contributed by atoms with Crippen molar-refractivity contribution in [3.8, 4) is 0 Å². The molecule has 0 aliphatic carbocycles. The van der Waals surface area contributed by atoms with E-state index in [1.165, 1.54) is 6.42 Å². The Morgan fingerprint density at radius 3 is 2.83 bits per heavy atom. The van der Waals surface area contributed by atoms with Crippen molar-refractivity contribution in [1.29, 1.82) is 0 Å². The van der Waals surface area contributed by atoms with Crippen LogP contribution in [0.5, 0.6) is 0 Å². The van der Waals surface area contributed by atoms with Crippen molar-refractivity contribution in [3.63, 3.8) is 0 Å². The van der Waals surface area contributed by atoms with Crippen LogP contribution in [0.1, 0.15) is 25.3 Å². The normalized spacial score (nSPS) is 19.8. The molecule has 3 N–H and O–H groups in total. The summed E-state index contributed by atoms with van der Waals surface area (Å²) in [6, 6.07) is 9.44. The number of nitrogens with one attached hydrogen (secondary N) is 1. The van der Waals surface area contributed by atoms with Crippen LogP contribution in [0, 0.1) is 5.92 Å². The topological polar surface area (TPSA) is 87.8 Å². The van der Waals surface area contributed by atoms with Crippen molar-refractivity contribution in [3.05, 3.63) is 35.9 Å². The van der Waals surface area contributed by atoms with E-state index >= 15 is 0 Å². The van der Waals surface area contributed by atoms with Gasteiger partial charge in [0.15, 0.2) is 5.96 Å². The number of guanidine groups is 1. The first-order chi connectivity index (χ1) is 11.0. The van der Waals surface area contributed by atoms with Gasteiger partial charge in [0.25, 0.3) is 0 Å². The minimum Gasteiger partial charge on any atom is -0.370 e. The van der Waals surface area contributed by atoms with E-state index in [2.05, 4.69) is 16.6 Å². The van der Waals surface area contributed by atoms with Crippen LogP contribution in [-0.4, -0.2) is 44.7 Å². The van der Waals surface area contributed by atoms with Gasteiger partial charge in [-0.25, -0.2) is 13.1 Å². The van der Waals surface area contributed by atoms with E-state index in [1.807, 2.05) is 35.2 Å². The highest BCUT2D eigenvalue weighted by atomic mass is 32.2. The van der Waals surface area contributed by atoms with Crippen molar-refractivity contribution in [2.75, 3.05) is 25.4 Å². The number of likely N-dealkylation sites (tertiary alicyclic amines) is 1. The molecule has 6 nitrogen and oxygen atoms in total. The van der Waals surface area contributed by atoms with Crippen molar-refractivity contribution in [2.45, 2.75) is 26.3 Å². The van der Waals surface area contributed by atoms with Crippen LogP contribution in [0.3, 0.4) is 0 Å². The van der Waals surface area contributed by atoms with Crippen LogP contribution in [0.2, 0.25) is 0 Å². The van der Waals surface area contributed by atoms with Gasteiger partial charge in [-0.2, -0.15) is 0 Å². The molecule has 1 atom stereocenters. The largest absolute Gasteiger partial charge is 0.370 e. The second-order valence-electron chi connectivity index (χ2n) is 6.06. The first-order valence-corrected chi connectivity index (χ1v) is 9.67. The van der Waals surface area contributed by atoms with E-state index in [4.69, 9.17) is 5.73 Å². The number of aliphatic imine (C=N–C) groups is 1. The monoisotopic (exact) mass is 338 g/mol. The van der Waals surface area contributed by atoms with E-state index in [-0.39, 0.29) is 12.3 Å². The number of benzene rings is 1. The van der Waals surface area contributed by atoms with Gasteiger partial charge < -0.3 is 10.6 Å². The molecule has 1 unspecified atom stereocenters. The SMILES string of the molecule is CC1CCCN(C(N)=NCCS(=O)(=O)NCc2ccccc2)C1. The lowest BCUT2D eigenvalue weighted by Gasteiger charge is -2.31. The van der Waals surface area contributed by atoms with Gasteiger partial charge >= 0.3 is 0 Å². The second-order valence-corrected chi connectivity index (χ2v) is 7.99. The standard InChI is InChI=1S/C16H26N4O2S/c1-14-6-5-10-20(13-14)16(17)18-9-11-23(21,22)19-12-15-7-3-2-4-8-15/h2-4,7-8,14,19H,5-6,9-13H2,1H3,(H2,17,18). The first-order valence-electron chi connectivity index (χ1n) is 8.02. The number of sulfonamides is 1. The Bertz CT molecular complexity index is 616. The molecule has 0 saturated carbocycles. The highest BCUT2D eigenvalue weighted by molar-refractivity contribution is 7.89. The summed E-state index contributed by atoms with van der Waals surface area (Å²) in [5, 5.41) is 0. The molecule has 1 fully saturated rings. The Balaban J connectivity index is 1.78. The molecular weight excluding hydrogens is 312 g/mol. The predicted molar refractivity (Wildman–Crippen MR) is 93.5 cm³/mol. The van der Waals surface area contributed by atoms with Crippen molar-refractivity contribution in [2.24, 2.45) is 16.6 Å². The molecule has 0 bridgehead atoms. The summed E-state index contributed by atoms with van der Waals surface area (Å²) in [6.07, 6.45) is 2.32. The van der Waals surface area contributed by atoms with Crippen LogP contribution in [-0.2, 0) is 16.6 Å². The van der Waals surface area contributed by atoms with E-state index < -0.39 is 10.0 Å². The van der Waals surface area contributed by atoms with E-state index in [0.29, 0.717) is 18.4 Å². The van der Waals surface area contributed by atoms with Crippen molar-refractivity contribution < 1.29 is 8.42 Å². The Morgan fingerprint density at radius 2 is 2.13 bits per heavy atom. The molecule has 1 aromatic rings. The van der Waals surface area contributed by atoms with Crippen molar-refractivity contribution in [1.82, 2.24) is 9.62 Å². The highest BCUT2D eigenvalue weighted by Crippen LogP contribution is 2.14.